The highest BCUT2D eigenvalue weighted by Gasteiger charge is 2.17. The first-order valence-corrected chi connectivity index (χ1v) is 8.49. The van der Waals surface area contributed by atoms with E-state index < -0.39 is 0 Å². The number of anilines is 1. The molecule has 1 heterocycles. The molecular weight excluding hydrogens is 390 g/mol. The van der Waals surface area contributed by atoms with Crippen LogP contribution in [-0.4, -0.2) is 33.3 Å². The maximum absolute atomic E-state index is 12.4. The second-order valence-corrected chi connectivity index (χ2v) is 6.27. The molecule has 1 aliphatic rings. The number of hydrogen-bond donors (Lipinski definition) is 1. The van der Waals surface area contributed by atoms with Crippen molar-refractivity contribution in [3.05, 3.63) is 40.4 Å². The average Bonchev–Trinajstić information content (AvgIpc) is 2.61. The molecule has 0 unspecified atom stereocenters. The molecule has 1 aliphatic heterocycles. The maximum atomic E-state index is 12.4. The molecule has 0 spiro atoms. The summed E-state index contributed by atoms with van der Waals surface area (Å²) >= 11 is 3.48. The van der Waals surface area contributed by atoms with Crippen LogP contribution >= 0.6 is 15.9 Å². The Bertz CT molecular complexity index is 771. The fourth-order valence-electron chi connectivity index (χ4n) is 2.50. The van der Waals surface area contributed by atoms with Gasteiger partial charge < -0.3 is 24.3 Å². The Hall–Kier alpha value is -2.41. The molecule has 3 rings (SSSR count). The van der Waals surface area contributed by atoms with Crippen molar-refractivity contribution in [1.82, 2.24) is 0 Å². The number of fused-ring (bicyclic) bond motifs is 1. The minimum absolute atomic E-state index is 0.160. The second-order valence-electron chi connectivity index (χ2n) is 5.41. The van der Waals surface area contributed by atoms with Gasteiger partial charge in [-0.15, -0.1) is 0 Å². The van der Waals surface area contributed by atoms with Crippen molar-refractivity contribution < 1.29 is 23.7 Å². The van der Waals surface area contributed by atoms with Crippen LogP contribution in [0.2, 0.25) is 0 Å². The summed E-state index contributed by atoms with van der Waals surface area (Å²) in [7, 11) is 3.12. The van der Waals surface area contributed by atoms with Gasteiger partial charge in [-0.25, -0.2) is 0 Å². The van der Waals surface area contributed by atoms with Crippen LogP contribution in [0.5, 0.6) is 23.0 Å². The third kappa shape index (κ3) is 4.17. The molecule has 0 fully saturated rings. The summed E-state index contributed by atoms with van der Waals surface area (Å²) in [5.41, 5.74) is 1.42. The van der Waals surface area contributed by atoms with Gasteiger partial charge in [-0.1, -0.05) is 15.9 Å². The van der Waals surface area contributed by atoms with E-state index in [1.165, 1.54) is 0 Å². The Kier molecular flexibility index (Phi) is 5.33. The zero-order chi connectivity index (χ0) is 17.8. The van der Waals surface area contributed by atoms with Crippen LogP contribution < -0.4 is 24.3 Å². The minimum Gasteiger partial charge on any atom is -0.497 e. The van der Waals surface area contributed by atoms with Crippen LogP contribution in [0.25, 0.3) is 0 Å². The molecular formula is C18H18BrNO5. The van der Waals surface area contributed by atoms with Gasteiger partial charge in [-0.05, 0) is 17.7 Å². The smallest absolute Gasteiger partial charge is 0.228 e. The molecule has 0 aromatic heterocycles. The zero-order valence-corrected chi connectivity index (χ0v) is 15.5. The highest BCUT2D eigenvalue weighted by atomic mass is 79.9. The van der Waals surface area contributed by atoms with Crippen LogP contribution in [0.3, 0.4) is 0 Å². The van der Waals surface area contributed by atoms with Crippen molar-refractivity contribution >= 4 is 27.5 Å². The Morgan fingerprint density at radius 3 is 2.24 bits per heavy atom. The van der Waals surface area contributed by atoms with Gasteiger partial charge in [0.15, 0.2) is 11.5 Å². The van der Waals surface area contributed by atoms with Gasteiger partial charge in [-0.3, -0.25) is 4.79 Å². The number of hydrogen-bond acceptors (Lipinski definition) is 5. The minimum atomic E-state index is -0.160. The van der Waals surface area contributed by atoms with Gasteiger partial charge in [-0.2, -0.15) is 0 Å². The number of ether oxygens (including phenoxy) is 4. The van der Waals surface area contributed by atoms with Crippen molar-refractivity contribution in [1.29, 1.82) is 0 Å². The monoisotopic (exact) mass is 407 g/mol. The summed E-state index contributed by atoms with van der Waals surface area (Å²) in [5.74, 6) is 2.39. The Labute approximate surface area is 154 Å². The molecule has 0 bridgehead atoms. The Morgan fingerprint density at radius 1 is 1.04 bits per heavy atom. The summed E-state index contributed by atoms with van der Waals surface area (Å²) in [4.78, 5) is 12.4. The fraction of sp³-hybridized carbons (Fsp3) is 0.278. The lowest BCUT2D eigenvalue weighted by Gasteiger charge is -2.20. The van der Waals surface area contributed by atoms with Gasteiger partial charge in [0.2, 0.25) is 5.91 Å². The molecule has 0 radical (unpaired) electrons. The van der Waals surface area contributed by atoms with E-state index in [-0.39, 0.29) is 12.3 Å². The van der Waals surface area contributed by atoms with E-state index in [0.717, 1.165) is 10.0 Å². The van der Waals surface area contributed by atoms with Gasteiger partial charge >= 0.3 is 0 Å². The topological polar surface area (TPSA) is 66.0 Å². The van der Waals surface area contributed by atoms with Crippen molar-refractivity contribution in [3.8, 4) is 23.0 Å². The van der Waals surface area contributed by atoms with Crippen molar-refractivity contribution in [2.24, 2.45) is 0 Å². The summed E-state index contributed by atoms with van der Waals surface area (Å²) in [5, 5.41) is 2.86. The SMILES string of the molecule is COc1cc(NC(=O)Cc2cc3c(cc2Br)OCCO3)cc(OC)c1. The average molecular weight is 408 g/mol. The molecule has 1 N–H and O–H groups in total. The van der Waals surface area contributed by atoms with Gasteiger partial charge in [0.25, 0.3) is 0 Å². The molecule has 2 aromatic rings. The number of amides is 1. The van der Waals surface area contributed by atoms with E-state index in [9.17, 15) is 4.79 Å². The lowest BCUT2D eigenvalue weighted by molar-refractivity contribution is -0.115. The van der Waals surface area contributed by atoms with E-state index in [0.29, 0.717) is 41.9 Å². The highest BCUT2D eigenvalue weighted by molar-refractivity contribution is 9.10. The van der Waals surface area contributed by atoms with Crippen molar-refractivity contribution in [2.45, 2.75) is 6.42 Å². The maximum Gasteiger partial charge on any atom is 0.228 e. The number of nitrogens with one attached hydrogen (secondary N) is 1. The first-order valence-electron chi connectivity index (χ1n) is 7.70. The van der Waals surface area contributed by atoms with Crippen molar-refractivity contribution in [2.75, 3.05) is 32.8 Å². The molecule has 0 aliphatic carbocycles. The standard InChI is InChI=1S/C18H18BrNO5/c1-22-13-7-12(8-14(9-13)23-2)20-18(21)6-11-5-16-17(10-15(11)19)25-4-3-24-16/h5,7-10H,3-4,6H2,1-2H3,(H,20,21). The lowest BCUT2D eigenvalue weighted by atomic mass is 10.1. The third-order valence-corrected chi connectivity index (χ3v) is 4.44. The third-order valence-electron chi connectivity index (χ3n) is 3.70. The van der Waals surface area contributed by atoms with E-state index in [4.69, 9.17) is 18.9 Å². The van der Waals surface area contributed by atoms with Crippen LogP contribution in [-0.2, 0) is 11.2 Å². The largest absolute Gasteiger partial charge is 0.497 e. The van der Waals surface area contributed by atoms with Crippen LogP contribution in [0.4, 0.5) is 5.69 Å². The molecule has 0 saturated heterocycles. The summed E-state index contributed by atoms with van der Waals surface area (Å²) in [6, 6.07) is 8.86. The van der Waals surface area contributed by atoms with E-state index >= 15 is 0 Å². The molecule has 2 aromatic carbocycles. The molecule has 0 atom stereocenters. The first kappa shape index (κ1) is 17.4. The lowest BCUT2D eigenvalue weighted by Crippen LogP contribution is -2.17. The van der Waals surface area contributed by atoms with Crippen LogP contribution in [0.1, 0.15) is 5.56 Å². The Morgan fingerprint density at radius 2 is 1.64 bits per heavy atom. The van der Waals surface area contributed by atoms with Gasteiger partial charge in [0.05, 0.1) is 20.6 Å². The normalized spacial score (nSPS) is 12.4. The number of benzene rings is 2. The predicted octanol–water partition coefficient (Wildman–Crippen LogP) is 3.42. The molecule has 1 amide bonds. The second kappa shape index (κ2) is 7.65. The summed E-state index contributed by atoms with van der Waals surface area (Å²) in [6.07, 6.45) is 0.191. The quantitative estimate of drug-likeness (QED) is 0.822. The number of rotatable bonds is 5. The summed E-state index contributed by atoms with van der Waals surface area (Å²) in [6.45, 7) is 1.03. The van der Waals surface area contributed by atoms with E-state index in [2.05, 4.69) is 21.2 Å². The number of methoxy groups -OCH3 is 2. The van der Waals surface area contributed by atoms with E-state index in [1.54, 1.807) is 32.4 Å². The predicted molar refractivity (Wildman–Crippen MR) is 97.0 cm³/mol. The van der Waals surface area contributed by atoms with E-state index in [1.807, 2.05) is 12.1 Å². The first-order chi connectivity index (χ1) is 12.1. The van der Waals surface area contributed by atoms with Gasteiger partial charge in [0.1, 0.15) is 24.7 Å². The van der Waals surface area contributed by atoms with Gasteiger partial charge in [0, 0.05) is 28.4 Å². The van der Waals surface area contributed by atoms with Crippen LogP contribution in [0, 0.1) is 0 Å². The molecule has 25 heavy (non-hydrogen) atoms. The summed E-state index contributed by atoms with van der Waals surface area (Å²) < 4.78 is 22.3. The van der Waals surface area contributed by atoms with Crippen LogP contribution in [0.15, 0.2) is 34.8 Å². The molecule has 7 heteroatoms. The number of halogens is 1. The fourth-order valence-corrected chi connectivity index (χ4v) is 2.96. The highest BCUT2D eigenvalue weighted by Crippen LogP contribution is 2.36. The number of carbonyl (C=O) groups excluding carboxylic acids is 1. The number of carbonyl (C=O) groups is 1. The van der Waals surface area contributed by atoms with Crippen molar-refractivity contribution in [3.63, 3.8) is 0 Å². The zero-order valence-electron chi connectivity index (χ0n) is 13.9. The Balaban J connectivity index is 1.75. The molecule has 6 nitrogen and oxygen atoms in total. The molecule has 0 saturated carbocycles. The molecule has 132 valence electrons.